The van der Waals surface area contributed by atoms with Crippen LogP contribution >= 0.6 is 0 Å². The molecule has 36 heavy (non-hydrogen) atoms. The monoisotopic (exact) mass is 485 g/mol. The largest absolute Gasteiger partial charge is 0.376 e. The van der Waals surface area contributed by atoms with Gasteiger partial charge in [0, 0.05) is 29.4 Å². The summed E-state index contributed by atoms with van der Waals surface area (Å²) in [6.07, 6.45) is 7.72. The standard InChI is InChI=1S/C27H28FN7O/c28-23-5-1-3-19(11-23)15-35-25-7-6-24(12-22(25)14-31-35)33-27-26-21(8-10-34(26)32-18-30-27)17-36-16-20-4-2-9-29-13-20/h1,3,5-8,10-12,14,18,20,29H,2,4,9,13,15-17H2,(H,30,32,33). The number of piperidine rings is 1. The van der Waals surface area contributed by atoms with Crippen molar-refractivity contribution >= 4 is 27.9 Å². The predicted molar refractivity (Wildman–Crippen MR) is 137 cm³/mol. The van der Waals surface area contributed by atoms with Crippen LogP contribution in [0, 0.1) is 11.7 Å². The highest BCUT2D eigenvalue weighted by Crippen LogP contribution is 2.26. The van der Waals surface area contributed by atoms with Crippen molar-refractivity contribution in [1.82, 2.24) is 29.7 Å². The number of nitrogens with one attached hydrogen (secondary N) is 2. The van der Waals surface area contributed by atoms with Gasteiger partial charge in [-0.3, -0.25) is 4.68 Å². The summed E-state index contributed by atoms with van der Waals surface area (Å²) in [5.74, 6) is 1.04. The summed E-state index contributed by atoms with van der Waals surface area (Å²) >= 11 is 0. The van der Waals surface area contributed by atoms with Gasteiger partial charge in [0.2, 0.25) is 0 Å². The fourth-order valence-electron chi connectivity index (χ4n) is 4.86. The molecule has 3 aromatic heterocycles. The highest BCUT2D eigenvalue weighted by Gasteiger charge is 2.15. The van der Waals surface area contributed by atoms with Crippen molar-refractivity contribution in [2.75, 3.05) is 25.0 Å². The number of fused-ring (bicyclic) bond motifs is 2. The Hall–Kier alpha value is -3.82. The second-order valence-electron chi connectivity index (χ2n) is 9.30. The Morgan fingerprint density at radius 3 is 3.00 bits per heavy atom. The second kappa shape index (κ2) is 10.0. The molecule has 0 spiro atoms. The molecule has 0 aliphatic carbocycles. The molecule has 1 fully saturated rings. The third kappa shape index (κ3) is 4.80. The van der Waals surface area contributed by atoms with Crippen molar-refractivity contribution in [3.8, 4) is 0 Å². The zero-order valence-corrected chi connectivity index (χ0v) is 19.9. The van der Waals surface area contributed by atoms with Crippen molar-refractivity contribution in [2.45, 2.75) is 26.0 Å². The van der Waals surface area contributed by atoms with E-state index < -0.39 is 0 Å². The van der Waals surface area contributed by atoms with Gasteiger partial charge in [-0.15, -0.1) is 0 Å². The molecule has 6 rings (SSSR count). The predicted octanol–water partition coefficient (Wildman–Crippen LogP) is 4.53. The number of aromatic nitrogens is 5. The maximum absolute atomic E-state index is 13.6. The summed E-state index contributed by atoms with van der Waals surface area (Å²) in [4.78, 5) is 4.52. The highest BCUT2D eigenvalue weighted by molar-refractivity contribution is 5.85. The van der Waals surface area contributed by atoms with Gasteiger partial charge >= 0.3 is 0 Å². The van der Waals surface area contributed by atoms with Crippen LogP contribution in [0.5, 0.6) is 0 Å². The van der Waals surface area contributed by atoms with Crippen LogP contribution in [0.4, 0.5) is 15.9 Å². The molecule has 9 heteroatoms. The maximum Gasteiger partial charge on any atom is 0.158 e. The molecule has 0 radical (unpaired) electrons. The van der Waals surface area contributed by atoms with E-state index in [4.69, 9.17) is 4.74 Å². The molecular formula is C27H28FN7O. The number of rotatable bonds is 8. The summed E-state index contributed by atoms with van der Waals surface area (Å²) < 4.78 is 23.4. The molecule has 2 aromatic carbocycles. The van der Waals surface area contributed by atoms with E-state index in [1.54, 1.807) is 12.4 Å². The van der Waals surface area contributed by atoms with Gasteiger partial charge in [-0.2, -0.15) is 10.2 Å². The fourth-order valence-corrected chi connectivity index (χ4v) is 4.86. The minimum Gasteiger partial charge on any atom is -0.376 e. The number of anilines is 2. The van der Waals surface area contributed by atoms with Crippen molar-refractivity contribution in [1.29, 1.82) is 0 Å². The first-order valence-corrected chi connectivity index (χ1v) is 12.3. The summed E-state index contributed by atoms with van der Waals surface area (Å²) in [5, 5.41) is 16.7. The first-order chi connectivity index (χ1) is 17.7. The first-order valence-electron chi connectivity index (χ1n) is 12.3. The van der Waals surface area contributed by atoms with Crippen LogP contribution in [0.2, 0.25) is 0 Å². The van der Waals surface area contributed by atoms with Crippen molar-refractivity contribution in [3.63, 3.8) is 0 Å². The number of ether oxygens (including phenoxy) is 1. The first kappa shape index (κ1) is 22.6. The maximum atomic E-state index is 13.6. The lowest BCUT2D eigenvalue weighted by Gasteiger charge is -2.22. The zero-order valence-electron chi connectivity index (χ0n) is 19.9. The van der Waals surface area contributed by atoms with E-state index in [2.05, 4.69) is 25.8 Å². The van der Waals surface area contributed by atoms with Crippen molar-refractivity contribution in [2.24, 2.45) is 5.92 Å². The lowest BCUT2D eigenvalue weighted by atomic mass is 10.0. The van der Waals surface area contributed by atoms with Crippen LogP contribution in [0.25, 0.3) is 16.4 Å². The molecular weight excluding hydrogens is 457 g/mol. The lowest BCUT2D eigenvalue weighted by molar-refractivity contribution is 0.0789. The molecule has 1 aliphatic rings. The Labute approximate surface area is 208 Å². The van der Waals surface area contributed by atoms with E-state index in [9.17, 15) is 4.39 Å². The molecule has 1 atom stereocenters. The second-order valence-corrected chi connectivity index (χ2v) is 9.30. The van der Waals surface area contributed by atoms with Crippen LogP contribution in [-0.2, 0) is 17.9 Å². The summed E-state index contributed by atoms with van der Waals surface area (Å²) in [5.41, 5.74) is 4.70. The van der Waals surface area contributed by atoms with E-state index >= 15 is 0 Å². The SMILES string of the molecule is Fc1cccc(Cn2ncc3cc(Nc4ncnn5ccc(COCC6CCCNC6)c45)ccc32)c1. The highest BCUT2D eigenvalue weighted by atomic mass is 19.1. The molecule has 5 aromatic rings. The zero-order chi connectivity index (χ0) is 24.3. The number of benzene rings is 2. The van der Waals surface area contributed by atoms with E-state index in [0.29, 0.717) is 19.1 Å². The lowest BCUT2D eigenvalue weighted by Crippen LogP contribution is -2.32. The molecule has 184 valence electrons. The van der Waals surface area contributed by atoms with Gasteiger partial charge in [-0.1, -0.05) is 12.1 Å². The Morgan fingerprint density at radius 2 is 2.11 bits per heavy atom. The van der Waals surface area contributed by atoms with Gasteiger partial charge in [0.25, 0.3) is 0 Å². The number of hydrogen-bond acceptors (Lipinski definition) is 6. The van der Waals surface area contributed by atoms with Gasteiger partial charge < -0.3 is 15.4 Å². The molecule has 1 aliphatic heterocycles. The normalized spacial score (nSPS) is 16.1. The molecule has 0 amide bonds. The Bertz CT molecular complexity index is 1490. The van der Waals surface area contributed by atoms with Crippen LogP contribution in [0.1, 0.15) is 24.0 Å². The Kier molecular flexibility index (Phi) is 6.31. The van der Waals surface area contributed by atoms with Crippen LogP contribution in [-0.4, -0.2) is 44.1 Å². The molecule has 1 unspecified atom stereocenters. The van der Waals surface area contributed by atoms with Gasteiger partial charge in [-0.05, 0) is 67.3 Å². The molecule has 8 nitrogen and oxygen atoms in total. The minimum absolute atomic E-state index is 0.243. The quantitative estimate of drug-likeness (QED) is 0.336. The topological polar surface area (TPSA) is 81.3 Å². The third-order valence-electron chi connectivity index (χ3n) is 6.67. The van der Waals surface area contributed by atoms with Gasteiger partial charge in [-0.25, -0.2) is 13.9 Å². The van der Waals surface area contributed by atoms with Crippen LogP contribution < -0.4 is 10.6 Å². The summed E-state index contributed by atoms with van der Waals surface area (Å²) in [6.45, 7) is 3.89. The molecule has 0 bridgehead atoms. The molecule has 4 heterocycles. The van der Waals surface area contributed by atoms with Crippen molar-refractivity contribution < 1.29 is 9.13 Å². The Balaban J connectivity index is 1.20. The Morgan fingerprint density at radius 1 is 1.14 bits per heavy atom. The summed E-state index contributed by atoms with van der Waals surface area (Å²) in [6, 6.07) is 14.7. The van der Waals surface area contributed by atoms with Crippen LogP contribution in [0.15, 0.2) is 67.3 Å². The molecule has 0 saturated carbocycles. The minimum atomic E-state index is -0.243. The molecule has 2 N–H and O–H groups in total. The van der Waals surface area contributed by atoms with Gasteiger partial charge in [0.15, 0.2) is 5.82 Å². The average molecular weight is 486 g/mol. The van der Waals surface area contributed by atoms with Crippen molar-refractivity contribution in [3.05, 3.63) is 84.2 Å². The van der Waals surface area contributed by atoms with E-state index in [1.807, 2.05) is 51.9 Å². The fraction of sp³-hybridized carbons (Fsp3) is 0.296. The van der Waals surface area contributed by atoms with E-state index in [1.165, 1.54) is 25.0 Å². The average Bonchev–Trinajstić information content (AvgIpc) is 3.49. The number of hydrogen-bond donors (Lipinski definition) is 2. The van der Waals surface area contributed by atoms with Gasteiger partial charge in [0.1, 0.15) is 17.7 Å². The van der Waals surface area contributed by atoms with Crippen LogP contribution in [0.3, 0.4) is 0 Å². The van der Waals surface area contributed by atoms with Gasteiger partial charge in [0.05, 0.1) is 31.5 Å². The number of nitrogens with zero attached hydrogens (tertiary/aromatic N) is 5. The smallest absolute Gasteiger partial charge is 0.158 e. The van der Waals surface area contributed by atoms with E-state index in [-0.39, 0.29) is 5.82 Å². The third-order valence-corrected chi connectivity index (χ3v) is 6.67. The summed E-state index contributed by atoms with van der Waals surface area (Å²) in [7, 11) is 0. The van der Waals surface area contributed by atoms with E-state index in [0.717, 1.165) is 58.7 Å². The number of halogens is 1. The molecule has 1 saturated heterocycles.